The molecule has 84 valence electrons. The molecule has 0 amide bonds. The highest BCUT2D eigenvalue weighted by Crippen LogP contribution is 2.34. The topological polar surface area (TPSA) is 62.7 Å². The summed E-state index contributed by atoms with van der Waals surface area (Å²) in [5.74, 6) is 0. The van der Waals surface area contributed by atoms with E-state index in [1.165, 1.54) is 32.1 Å². The number of rotatable bonds is 2. The first-order valence-corrected chi connectivity index (χ1v) is 6.50. The number of pyridine rings is 1. The average molecular weight is 233 g/mol. The first-order chi connectivity index (χ1) is 7.79. The van der Waals surface area contributed by atoms with E-state index in [0.29, 0.717) is 16.5 Å². The Morgan fingerprint density at radius 1 is 1.38 bits per heavy atom. The number of aromatic nitrogens is 1. The second kappa shape index (κ2) is 5.22. The Kier molecular flexibility index (Phi) is 3.68. The lowest BCUT2D eigenvalue weighted by Crippen LogP contribution is -2.08. The first-order valence-electron chi connectivity index (χ1n) is 5.62. The van der Waals surface area contributed by atoms with Crippen molar-refractivity contribution in [1.82, 2.24) is 4.98 Å². The van der Waals surface area contributed by atoms with Crippen LogP contribution in [0.1, 0.15) is 37.7 Å². The van der Waals surface area contributed by atoms with Crippen LogP contribution in [-0.4, -0.2) is 10.2 Å². The van der Waals surface area contributed by atoms with E-state index >= 15 is 0 Å². The fourth-order valence-electron chi connectivity index (χ4n) is 1.98. The Balaban J connectivity index is 2.11. The molecule has 0 spiro atoms. The summed E-state index contributed by atoms with van der Waals surface area (Å²) < 4.78 is 0. The number of hydrogen-bond acceptors (Lipinski definition) is 4. The van der Waals surface area contributed by atoms with Gasteiger partial charge in [0.1, 0.15) is 11.1 Å². The SMILES string of the molecule is N#Cc1cc(N)cnc1SC1CCCCC1. The molecule has 0 unspecified atom stereocenters. The smallest absolute Gasteiger partial charge is 0.114 e. The monoisotopic (exact) mass is 233 g/mol. The van der Waals surface area contributed by atoms with E-state index in [1.807, 2.05) is 0 Å². The number of hydrogen-bond donors (Lipinski definition) is 1. The molecule has 0 atom stereocenters. The summed E-state index contributed by atoms with van der Waals surface area (Å²) in [7, 11) is 0. The minimum atomic E-state index is 0.560. The maximum atomic E-state index is 9.01. The number of nitriles is 1. The van der Waals surface area contributed by atoms with Gasteiger partial charge in [-0.05, 0) is 18.9 Å². The molecule has 1 aliphatic rings. The van der Waals surface area contributed by atoms with E-state index < -0.39 is 0 Å². The van der Waals surface area contributed by atoms with Gasteiger partial charge in [-0.2, -0.15) is 5.26 Å². The standard InChI is InChI=1S/C12H15N3S/c13-7-9-6-10(14)8-15-12(9)16-11-4-2-1-3-5-11/h6,8,11H,1-5,14H2. The highest BCUT2D eigenvalue weighted by Gasteiger charge is 2.17. The molecule has 1 aromatic heterocycles. The zero-order valence-electron chi connectivity index (χ0n) is 9.15. The number of nitrogens with zero attached hydrogens (tertiary/aromatic N) is 2. The summed E-state index contributed by atoms with van der Waals surface area (Å²) in [4.78, 5) is 4.26. The minimum absolute atomic E-state index is 0.560. The van der Waals surface area contributed by atoms with Crippen molar-refractivity contribution >= 4 is 17.4 Å². The highest BCUT2D eigenvalue weighted by molar-refractivity contribution is 7.99. The summed E-state index contributed by atoms with van der Waals surface area (Å²) in [6.07, 6.45) is 8.05. The maximum absolute atomic E-state index is 9.01. The van der Waals surface area contributed by atoms with Crippen molar-refractivity contribution in [3.63, 3.8) is 0 Å². The second-order valence-corrected chi connectivity index (χ2v) is 5.40. The Hall–Kier alpha value is -1.21. The van der Waals surface area contributed by atoms with Gasteiger partial charge < -0.3 is 5.73 Å². The van der Waals surface area contributed by atoms with E-state index in [-0.39, 0.29) is 0 Å². The van der Waals surface area contributed by atoms with Gasteiger partial charge in [-0.1, -0.05) is 19.3 Å². The van der Waals surface area contributed by atoms with E-state index in [1.54, 1.807) is 24.0 Å². The molecule has 4 heteroatoms. The molecule has 3 nitrogen and oxygen atoms in total. The predicted molar refractivity (Wildman–Crippen MR) is 66.1 cm³/mol. The molecule has 0 aliphatic heterocycles. The molecule has 0 bridgehead atoms. The van der Waals surface area contributed by atoms with Crippen molar-refractivity contribution in [2.75, 3.05) is 5.73 Å². The van der Waals surface area contributed by atoms with Crippen LogP contribution in [0.5, 0.6) is 0 Å². The van der Waals surface area contributed by atoms with Crippen LogP contribution < -0.4 is 5.73 Å². The van der Waals surface area contributed by atoms with Gasteiger partial charge in [0.05, 0.1) is 17.4 Å². The summed E-state index contributed by atoms with van der Waals surface area (Å²) in [6, 6.07) is 3.87. The van der Waals surface area contributed by atoms with Crippen LogP contribution in [0.2, 0.25) is 0 Å². The zero-order valence-corrected chi connectivity index (χ0v) is 9.96. The summed E-state index contributed by atoms with van der Waals surface area (Å²) in [5.41, 5.74) is 6.78. The molecule has 1 aliphatic carbocycles. The summed E-state index contributed by atoms with van der Waals surface area (Å²) in [5, 5.41) is 10.5. The number of nitrogen functional groups attached to an aromatic ring is 1. The number of thioether (sulfide) groups is 1. The van der Waals surface area contributed by atoms with Crippen LogP contribution in [0.4, 0.5) is 5.69 Å². The lowest BCUT2D eigenvalue weighted by atomic mass is 10.0. The van der Waals surface area contributed by atoms with E-state index in [0.717, 1.165) is 5.03 Å². The first kappa shape index (κ1) is 11.3. The lowest BCUT2D eigenvalue weighted by Gasteiger charge is -2.20. The van der Waals surface area contributed by atoms with Gasteiger partial charge >= 0.3 is 0 Å². The molecule has 0 radical (unpaired) electrons. The molecule has 1 saturated carbocycles. The summed E-state index contributed by atoms with van der Waals surface area (Å²) >= 11 is 1.74. The van der Waals surface area contributed by atoms with Gasteiger partial charge in [0.2, 0.25) is 0 Å². The molecular weight excluding hydrogens is 218 g/mol. The van der Waals surface area contributed by atoms with Gasteiger partial charge in [0, 0.05) is 5.25 Å². The van der Waals surface area contributed by atoms with Gasteiger partial charge in [-0.15, -0.1) is 11.8 Å². The van der Waals surface area contributed by atoms with Crippen molar-refractivity contribution in [3.8, 4) is 6.07 Å². The Morgan fingerprint density at radius 2 is 2.12 bits per heavy atom. The van der Waals surface area contributed by atoms with Crippen LogP contribution >= 0.6 is 11.8 Å². The quantitative estimate of drug-likeness (QED) is 0.853. The van der Waals surface area contributed by atoms with E-state index in [9.17, 15) is 0 Å². The molecule has 1 heterocycles. The highest BCUT2D eigenvalue weighted by atomic mass is 32.2. The summed E-state index contributed by atoms with van der Waals surface area (Å²) in [6.45, 7) is 0. The average Bonchev–Trinajstić information content (AvgIpc) is 2.33. The maximum Gasteiger partial charge on any atom is 0.114 e. The van der Waals surface area contributed by atoms with Crippen molar-refractivity contribution in [2.45, 2.75) is 42.4 Å². The van der Waals surface area contributed by atoms with E-state index in [2.05, 4.69) is 11.1 Å². The van der Waals surface area contributed by atoms with Gasteiger partial charge in [0.15, 0.2) is 0 Å². The second-order valence-electron chi connectivity index (χ2n) is 4.11. The van der Waals surface area contributed by atoms with Crippen molar-refractivity contribution in [1.29, 1.82) is 5.26 Å². The normalized spacial score (nSPS) is 16.9. The fraction of sp³-hybridized carbons (Fsp3) is 0.500. The molecule has 2 rings (SSSR count). The molecule has 1 fully saturated rings. The third-order valence-corrected chi connectivity index (χ3v) is 4.18. The van der Waals surface area contributed by atoms with Gasteiger partial charge in [0.25, 0.3) is 0 Å². The van der Waals surface area contributed by atoms with Crippen LogP contribution in [0, 0.1) is 11.3 Å². The van der Waals surface area contributed by atoms with Crippen molar-refractivity contribution in [3.05, 3.63) is 17.8 Å². The minimum Gasteiger partial charge on any atom is -0.397 e. The van der Waals surface area contributed by atoms with Gasteiger partial charge in [-0.25, -0.2) is 4.98 Å². The third-order valence-electron chi connectivity index (χ3n) is 2.82. The fourth-order valence-corrected chi connectivity index (χ4v) is 3.21. The largest absolute Gasteiger partial charge is 0.397 e. The van der Waals surface area contributed by atoms with Crippen LogP contribution in [-0.2, 0) is 0 Å². The molecular formula is C12H15N3S. The molecule has 16 heavy (non-hydrogen) atoms. The van der Waals surface area contributed by atoms with Crippen molar-refractivity contribution in [2.24, 2.45) is 0 Å². The lowest BCUT2D eigenvalue weighted by molar-refractivity contribution is 0.515. The van der Waals surface area contributed by atoms with Crippen LogP contribution in [0.25, 0.3) is 0 Å². The van der Waals surface area contributed by atoms with Crippen molar-refractivity contribution < 1.29 is 0 Å². The number of anilines is 1. The Labute approximate surface area is 100 Å². The third kappa shape index (κ3) is 2.67. The molecule has 0 aromatic carbocycles. The Morgan fingerprint density at radius 3 is 2.81 bits per heavy atom. The molecule has 1 aromatic rings. The van der Waals surface area contributed by atoms with Crippen LogP contribution in [0.3, 0.4) is 0 Å². The van der Waals surface area contributed by atoms with E-state index in [4.69, 9.17) is 11.0 Å². The molecule has 2 N–H and O–H groups in total. The van der Waals surface area contributed by atoms with Gasteiger partial charge in [-0.3, -0.25) is 0 Å². The zero-order chi connectivity index (χ0) is 11.4. The van der Waals surface area contributed by atoms with Crippen LogP contribution in [0.15, 0.2) is 17.3 Å². The number of nitrogens with two attached hydrogens (primary N) is 1. The predicted octanol–water partition coefficient (Wildman–Crippen LogP) is 2.96. The Bertz CT molecular complexity index is 405. The molecule has 0 saturated heterocycles.